The molecule has 1 heterocycles. The van der Waals surface area contributed by atoms with Gasteiger partial charge in [-0.25, -0.2) is 4.39 Å². The van der Waals surface area contributed by atoms with Gasteiger partial charge in [-0.15, -0.1) is 5.10 Å². The summed E-state index contributed by atoms with van der Waals surface area (Å²) in [6, 6.07) is 6.31. The number of aromatic nitrogens is 3. The van der Waals surface area contributed by atoms with Gasteiger partial charge in [0, 0.05) is 12.1 Å². The van der Waals surface area contributed by atoms with Crippen molar-refractivity contribution in [2.24, 2.45) is 5.73 Å². The third kappa shape index (κ3) is 2.43. The van der Waals surface area contributed by atoms with Crippen LogP contribution in [0.3, 0.4) is 0 Å². The maximum absolute atomic E-state index is 13.0. The van der Waals surface area contributed by atoms with Crippen molar-refractivity contribution in [1.82, 2.24) is 15.0 Å². The Kier molecular flexibility index (Phi) is 3.26. The lowest BCUT2D eigenvalue weighted by atomic mass is 10.2. The summed E-state index contributed by atoms with van der Waals surface area (Å²) in [5.41, 5.74) is 6.82. The number of nitrogens with two attached hydrogens (primary N) is 1. The highest BCUT2D eigenvalue weighted by molar-refractivity contribution is 5.57. The predicted octanol–water partition coefficient (Wildman–Crippen LogP) is 1.43. The molecule has 0 radical (unpaired) electrons. The zero-order valence-corrected chi connectivity index (χ0v) is 8.81. The van der Waals surface area contributed by atoms with Gasteiger partial charge in [0.25, 0.3) is 0 Å². The van der Waals surface area contributed by atoms with Crippen LogP contribution in [0.1, 0.15) is 6.42 Å². The lowest BCUT2D eigenvalue weighted by molar-refractivity contribution is 0.564. The van der Waals surface area contributed by atoms with E-state index in [2.05, 4.69) is 10.3 Å². The molecule has 0 atom stereocenters. The van der Waals surface area contributed by atoms with E-state index in [4.69, 9.17) is 5.73 Å². The molecular formula is C11H13FN4. The Balaban J connectivity index is 2.18. The molecule has 0 saturated heterocycles. The fourth-order valence-electron chi connectivity index (χ4n) is 1.44. The number of aryl methyl sites for hydroxylation is 1. The van der Waals surface area contributed by atoms with Crippen LogP contribution in [0.15, 0.2) is 30.5 Å². The maximum atomic E-state index is 13.0. The topological polar surface area (TPSA) is 56.7 Å². The SMILES string of the molecule is NCCCn1cc(-c2cccc(F)c2)nn1. The molecule has 2 N–H and O–H groups in total. The molecule has 0 aliphatic carbocycles. The summed E-state index contributed by atoms with van der Waals surface area (Å²) in [5, 5.41) is 7.93. The average Bonchev–Trinajstić information content (AvgIpc) is 2.75. The van der Waals surface area contributed by atoms with Crippen molar-refractivity contribution < 1.29 is 4.39 Å². The Morgan fingerprint density at radius 1 is 1.38 bits per heavy atom. The summed E-state index contributed by atoms with van der Waals surface area (Å²) in [6.45, 7) is 1.36. The normalized spacial score (nSPS) is 10.6. The van der Waals surface area contributed by atoms with E-state index in [1.54, 1.807) is 23.0 Å². The lowest BCUT2D eigenvalue weighted by Crippen LogP contribution is -2.06. The largest absolute Gasteiger partial charge is 0.330 e. The van der Waals surface area contributed by atoms with Gasteiger partial charge in [0.05, 0.1) is 6.20 Å². The van der Waals surface area contributed by atoms with E-state index < -0.39 is 0 Å². The van der Waals surface area contributed by atoms with E-state index in [1.165, 1.54) is 12.1 Å². The first-order valence-electron chi connectivity index (χ1n) is 5.16. The van der Waals surface area contributed by atoms with Crippen molar-refractivity contribution in [3.05, 3.63) is 36.3 Å². The van der Waals surface area contributed by atoms with Crippen molar-refractivity contribution in [2.75, 3.05) is 6.54 Å². The van der Waals surface area contributed by atoms with Crippen LogP contribution in [0.4, 0.5) is 4.39 Å². The Morgan fingerprint density at radius 3 is 3.00 bits per heavy atom. The molecule has 2 aromatic rings. The Hall–Kier alpha value is -1.75. The Labute approximate surface area is 92.9 Å². The van der Waals surface area contributed by atoms with Gasteiger partial charge in [0.2, 0.25) is 0 Å². The molecule has 0 fully saturated rings. The fourth-order valence-corrected chi connectivity index (χ4v) is 1.44. The Bertz CT molecular complexity index is 467. The van der Waals surface area contributed by atoms with Crippen molar-refractivity contribution in [3.63, 3.8) is 0 Å². The van der Waals surface area contributed by atoms with Gasteiger partial charge >= 0.3 is 0 Å². The van der Waals surface area contributed by atoms with E-state index in [-0.39, 0.29) is 5.82 Å². The molecule has 0 saturated carbocycles. The second-order valence-corrected chi connectivity index (χ2v) is 3.52. The molecule has 84 valence electrons. The van der Waals surface area contributed by atoms with Gasteiger partial charge in [-0.2, -0.15) is 0 Å². The highest BCUT2D eigenvalue weighted by Crippen LogP contribution is 2.16. The summed E-state index contributed by atoms with van der Waals surface area (Å²) < 4.78 is 14.7. The second kappa shape index (κ2) is 4.85. The van der Waals surface area contributed by atoms with Gasteiger partial charge in [-0.05, 0) is 25.1 Å². The molecule has 4 nitrogen and oxygen atoms in total. The molecule has 0 aliphatic heterocycles. The first-order chi connectivity index (χ1) is 7.79. The molecule has 0 aliphatic rings. The van der Waals surface area contributed by atoms with Crippen molar-refractivity contribution >= 4 is 0 Å². The van der Waals surface area contributed by atoms with Crippen LogP contribution in [0.25, 0.3) is 11.3 Å². The molecule has 16 heavy (non-hydrogen) atoms. The quantitative estimate of drug-likeness (QED) is 0.848. The minimum absolute atomic E-state index is 0.269. The molecule has 2 rings (SSSR count). The van der Waals surface area contributed by atoms with E-state index in [0.717, 1.165) is 18.5 Å². The number of hydrogen-bond donors (Lipinski definition) is 1. The lowest BCUT2D eigenvalue weighted by Gasteiger charge is -1.96. The number of halogens is 1. The van der Waals surface area contributed by atoms with Gasteiger partial charge in [0.15, 0.2) is 0 Å². The van der Waals surface area contributed by atoms with Crippen LogP contribution in [0, 0.1) is 5.82 Å². The molecular weight excluding hydrogens is 207 g/mol. The van der Waals surface area contributed by atoms with Gasteiger partial charge in [0.1, 0.15) is 11.5 Å². The summed E-state index contributed by atoms with van der Waals surface area (Å²) in [6.07, 6.45) is 2.65. The van der Waals surface area contributed by atoms with Gasteiger partial charge < -0.3 is 5.73 Å². The van der Waals surface area contributed by atoms with E-state index >= 15 is 0 Å². The second-order valence-electron chi connectivity index (χ2n) is 3.52. The third-order valence-electron chi connectivity index (χ3n) is 2.25. The first-order valence-corrected chi connectivity index (χ1v) is 5.16. The first kappa shape index (κ1) is 10.8. The van der Waals surface area contributed by atoms with Crippen LogP contribution in [0.2, 0.25) is 0 Å². The minimum atomic E-state index is -0.269. The van der Waals surface area contributed by atoms with Crippen LogP contribution < -0.4 is 5.73 Å². The number of nitrogens with zero attached hydrogens (tertiary/aromatic N) is 3. The maximum Gasteiger partial charge on any atom is 0.123 e. The van der Waals surface area contributed by atoms with Gasteiger partial charge in [-0.1, -0.05) is 17.3 Å². The van der Waals surface area contributed by atoms with Gasteiger partial charge in [-0.3, -0.25) is 4.68 Å². The molecule has 0 amide bonds. The zero-order valence-electron chi connectivity index (χ0n) is 8.81. The van der Waals surface area contributed by atoms with Crippen LogP contribution in [-0.4, -0.2) is 21.5 Å². The molecule has 0 unspecified atom stereocenters. The van der Waals surface area contributed by atoms with Crippen LogP contribution in [-0.2, 0) is 6.54 Å². The average molecular weight is 220 g/mol. The van der Waals surface area contributed by atoms with Crippen LogP contribution >= 0.6 is 0 Å². The molecule has 0 bridgehead atoms. The minimum Gasteiger partial charge on any atom is -0.330 e. The van der Waals surface area contributed by atoms with E-state index in [1.807, 2.05) is 0 Å². The zero-order chi connectivity index (χ0) is 11.4. The number of hydrogen-bond acceptors (Lipinski definition) is 3. The highest BCUT2D eigenvalue weighted by atomic mass is 19.1. The van der Waals surface area contributed by atoms with Crippen LogP contribution in [0.5, 0.6) is 0 Å². The fraction of sp³-hybridized carbons (Fsp3) is 0.273. The molecule has 0 spiro atoms. The molecule has 1 aromatic heterocycles. The highest BCUT2D eigenvalue weighted by Gasteiger charge is 2.04. The summed E-state index contributed by atoms with van der Waals surface area (Å²) in [5.74, 6) is -0.269. The smallest absolute Gasteiger partial charge is 0.123 e. The summed E-state index contributed by atoms with van der Waals surface area (Å²) in [4.78, 5) is 0. The van der Waals surface area contributed by atoms with Crippen molar-refractivity contribution in [2.45, 2.75) is 13.0 Å². The third-order valence-corrected chi connectivity index (χ3v) is 2.25. The van der Waals surface area contributed by atoms with Crippen molar-refractivity contribution in [1.29, 1.82) is 0 Å². The number of rotatable bonds is 4. The monoisotopic (exact) mass is 220 g/mol. The summed E-state index contributed by atoms with van der Waals surface area (Å²) >= 11 is 0. The number of benzene rings is 1. The Morgan fingerprint density at radius 2 is 2.25 bits per heavy atom. The van der Waals surface area contributed by atoms with E-state index in [9.17, 15) is 4.39 Å². The molecule has 1 aromatic carbocycles. The van der Waals surface area contributed by atoms with E-state index in [0.29, 0.717) is 12.2 Å². The molecule has 5 heteroatoms. The standard InChI is InChI=1S/C11H13FN4/c12-10-4-1-3-9(7-10)11-8-16(15-14-11)6-2-5-13/h1,3-4,7-8H,2,5-6,13H2. The van der Waals surface area contributed by atoms with Crippen molar-refractivity contribution in [3.8, 4) is 11.3 Å². The summed E-state index contributed by atoms with van der Waals surface area (Å²) in [7, 11) is 0. The predicted molar refractivity (Wildman–Crippen MR) is 59.1 cm³/mol.